The molecule has 1 aliphatic rings. The van der Waals surface area contributed by atoms with Gasteiger partial charge < -0.3 is 14.8 Å². The molecule has 1 N–H and O–H groups in total. The number of rotatable bonds is 8. The van der Waals surface area contributed by atoms with Gasteiger partial charge in [-0.3, -0.25) is 4.79 Å². The van der Waals surface area contributed by atoms with Crippen LogP contribution in [0.25, 0.3) is 0 Å². The minimum absolute atomic E-state index is 0.0624. The second kappa shape index (κ2) is 10.6. The number of hydrogen-bond donors (Lipinski definition) is 1. The van der Waals surface area contributed by atoms with Gasteiger partial charge in [0.2, 0.25) is 5.91 Å². The lowest BCUT2D eigenvalue weighted by Gasteiger charge is -2.36. The van der Waals surface area contributed by atoms with Crippen molar-refractivity contribution in [1.82, 2.24) is 0 Å². The van der Waals surface area contributed by atoms with E-state index >= 15 is 0 Å². The van der Waals surface area contributed by atoms with Crippen LogP contribution < -0.4 is 10.1 Å². The van der Waals surface area contributed by atoms with E-state index in [1.807, 2.05) is 13.8 Å². The molecule has 2 aromatic carbocycles. The van der Waals surface area contributed by atoms with Crippen molar-refractivity contribution in [3.05, 3.63) is 59.4 Å². The monoisotopic (exact) mass is 441 g/mol. The predicted molar refractivity (Wildman–Crippen MR) is 123 cm³/mol. The number of halogens is 1. The summed E-state index contributed by atoms with van der Waals surface area (Å²) in [5.41, 5.74) is 0.881. The van der Waals surface area contributed by atoms with Gasteiger partial charge in [-0.05, 0) is 69.0 Å². The van der Waals surface area contributed by atoms with E-state index in [9.17, 15) is 14.0 Å². The first-order valence-electron chi connectivity index (χ1n) is 11.4. The fraction of sp³-hybridized carbons (Fsp3) is 0.462. The first-order valence-corrected chi connectivity index (χ1v) is 11.4. The van der Waals surface area contributed by atoms with Crippen LogP contribution in [-0.2, 0) is 14.9 Å². The van der Waals surface area contributed by atoms with E-state index in [0.717, 1.165) is 31.2 Å². The molecule has 172 valence electrons. The number of carbonyl (C=O) groups excluding carboxylic acids is 2. The first kappa shape index (κ1) is 23.8. The van der Waals surface area contributed by atoms with E-state index < -0.39 is 11.4 Å². The molecule has 32 heavy (non-hydrogen) atoms. The summed E-state index contributed by atoms with van der Waals surface area (Å²) in [5.74, 6) is -0.528. The van der Waals surface area contributed by atoms with E-state index in [-0.39, 0.29) is 30.0 Å². The number of esters is 1. The standard InChI is InChI=1S/C26H32FNO4/c1-4-18(3)32-23-14-13-21(17-22(23)24(29)31-5-2)28-25(30)26(15-7-6-8-16-26)19-9-11-20(27)12-10-19/h9-14,17-18H,4-8,15-16H2,1-3H3,(H,28,30)/t18-/m0/s1. The highest BCUT2D eigenvalue weighted by atomic mass is 19.1. The Morgan fingerprint density at radius 1 is 1.06 bits per heavy atom. The van der Waals surface area contributed by atoms with Crippen molar-refractivity contribution in [2.75, 3.05) is 11.9 Å². The highest BCUT2D eigenvalue weighted by molar-refractivity contribution is 6.01. The van der Waals surface area contributed by atoms with E-state index in [1.165, 1.54) is 12.1 Å². The second-order valence-electron chi connectivity index (χ2n) is 8.37. The van der Waals surface area contributed by atoms with Crippen molar-refractivity contribution in [2.24, 2.45) is 0 Å². The molecule has 1 fully saturated rings. The zero-order chi connectivity index (χ0) is 23.1. The molecule has 0 saturated heterocycles. The molecule has 5 nitrogen and oxygen atoms in total. The maximum atomic E-state index is 13.5. The summed E-state index contributed by atoms with van der Waals surface area (Å²) in [6.07, 6.45) is 5.06. The summed E-state index contributed by atoms with van der Waals surface area (Å²) >= 11 is 0. The van der Waals surface area contributed by atoms with E-state index in [0.29, 0.717) is 24.3 Å². The average Bonchev–Trinajstić information content (AvgIpc) is 2.80. The normalized spacial score (nSPS) is 16.1. The highest BCUT2D eigenvalue weighted by Gasteiger charge is 2.41. The molecule has 1 aliphatic carbocycles. The molecule has 0 aliphatic heterocycles. The Kier molecular flexibility index (Phi) is 7.89. The van der Waals surface area contributed by atoms with Gasteiger partial charge >= 0.3 is 5.97 Å². The molecular weight excluding hydrogens is 409 g/mol. The predicted octanol–water partition coefficient (Wildman–Crippen LogP) is 6.02. The lowest BCUT2D eigenvalue weighted by molar-refractivity contribution is -0.122. The van der Waals surface area contributed by atoms with Crippen LogP contribution >= 0.6 is 0 Å². The van der Waals surface area contributed by atoms with Crippen molar-refractivity contribution in [3.63, 3.8) is 0 Å². The number of carbonyl (C=O) groups is 2. The summed E-state index contributed by atoms with van der Waals surface area (Å²) in [6, 6.07) is 11.2. The molecule has 2 aromatic rings. The minimum atomic E-state index is -0.720. The summed E-state index contributed by atoms with van der Waals surface area (Å²) in [7, 11) is 0. The molecule has 1 amide bonds. The van der Waals surface area contributed by atoms with Crippen LogP contribution in [0.2, 0.25) is 0 Å². The molecule has 1 atom stereocenters. The van der Waals surface area contributed by atoms with Crippen LogP contribution in [0, 0.1) is 5.82 Å². The van der Waals surface area contributed by atoms with Crippen molar-refractivity contribution in [2.45, 2.75) is 70.8 Å². The Morgan fingerprint density at radius 3 is 2.38 bits per heavy atom. The van der Waals surface area contributed by atoms with E-state index in [1.54, 1.807) is 37.3 Å². The highest BCUT2D eigenvalue weighted by Crippen LogP contribution is 2.41. The SMILES string of the molecule is CCOC(=O)c1cc(NC(=O)C2(c3ccc(F)cc3)CCCCC2)ccc1O[C@@H](C)CC. The molecule has 0 radical (unpaired) electrons. The number of hydrogen-bond acceptors (Lipinski definition) is 4. The van der Waals surface area contributed by atoms with Crippen molar-refractivity contribution < 1.29 is 23.5 Å². The zero-order valence-electron chi connectivity index (χ0n) is 19.1. The van der Waals surface area contributed by atoms with Gasteiger partial charge in [0.05, 0.1) is 18.1 Å². The van der Waals surface area contributed by atoms with Gasteiger partial charge in [-0.1, -0.05) is 38.3 Å². The number of ether oxygens (including phenoxy) is 2. The average molecular weight is 442 g/mol. The number of amides is 1. The molecule has 0 bridgehead atoms. The Labute approximate surface area is 189 Å². The van der Waals surface area contributed by atoms with Crippen LogP contribution in [0.5, 0.6) is 5.75 Å². The van der Waals surface area contributed by atoms with Crippen molar-refractivity contribution in [3.8, 4) is 5.75 Å². The maximum Gasteiger partial charge on any atom is 0.341 e. The summed E-state index contributed by atoms with van der Waals surface area (Å²) in [6.45, 7) is 5.92. The third-order valence-electron chi connectivity index (χ3n) is 6.17. The summed E-state index contributed by atoms with van der Waals surface area (Å²) < 4.78 is 24.6. The molecular formula is C26H32FNO4. The van der Waals surface area contributed by atoms with E-state index in [4.69, 9.17) is 9.47 Å². The number of nitrogens with one attached hydrogen (secondary N) is 1. The smallest absolute Gasteiger partial charge is 0.341 e. The lowest BCUT2D eigenvalue weighted by atomic mass is 9.68. The minimum Gasteiger partial charge on any atom is -0.490 e. The van der Waals surface area contributed by atoms with Crippen LogP contribution in [0.15, 0.2) is 42.5 Å². The maximum absolute atomic E-state index is 13.5. The van der Waals surface area contributed by atoms with Gasteiger partial charge in [-0.15, -0.1) is 0 Å². The van der Waals surface area contributed by atoms with Crippen molar-refractivity contribution in [1.29, 1.82) is 0 Å². The van der Waals surface area contributed by atoms with Gasteiger partial charge in [0.25, 0.3) is 0 Å². The first-order chi connectivity index (χ1) is 15.4. The summed E-state index contributed by atoms with van der Waals surface area (Å²) in [4.78, 5) is 26.1. The third kappa shape index (κ3) is 5.29. The van der Waals surface area contributed by atoms with Crippen molar-refractivity contribution >= 4 is 17.6 Å². The molecule has 1 saturated carbocycles. The van der Waals surface area contributed by atoms with Crippen LogP contribution in [0.4, 0.5) is 10.1 Å². The Balaban J connectivity index is 1.91. The van der Waals surface area contributed by atoms with Gasteiger partial charge in [-0.25, -0.2) is 9.18 Å². The third-order valence-corrected chi connectivity index (χ3v) is 6.17. The van der Waals surface area contributed by atoms with Crippen LogP contribution in [0.3, 0.4) is 0 Å². The number of benzene rings is 2. The van der Waals surface area contributed by atoms with Gasteiger partial charge in [0.1, 0.15) is 17.1 Å². The Bertz CT molecular complexity index is 935. The largest absolute Gasteiger partial charge is 0.490 e. The van der Waals surface area contributed by atoms with Gasteiger partial charge in [0.15, 0.2) is 0 Å². The molecule has 0 unspecified atom stereocenters. The topological polar surface area (TPSA) is 64.6 Å². The molecule has 0 heterocycles. The van der Waals surface area contributed by atoms with Crippen LogP contribution in [-0.4, -0.2) is 24.6 Å². The summed E-state index contributed by atoms with van der Waals surface area (Å²) in [5, 5.41) is 3.00. The fourth-order valence-electron chi connectivity index (χ4n) is 4.20. The van der Waals surface area contributed by atoms with Gasteiger partial charge in [-0.2, -0.15) is 0 Å². The zero-order valence-corrected chi connectivity index (χ0v) is 19.1. The Morgan fingerprint density at radius 2 is 1.75 bits per heavy atom. The fourth-order valence-corrected chi connectivity index (χ4v) is 4.20. The molecule has 6 heteroatoms. The van der Waals surface area contributed by atoms with Gasteiger partial charge in [0, 0.05) is 5.69 Å². The molecule has 0 spiro atoms. The second-order valence-corrected chi connectivity index (χ2v) is 8.37. The lowest BCUT2D eigenvalue weighted by Crippen LogP contribution is -2.42. The quantitative estimate of drug-likeness (QED) is 0.509. The Hall–Kier alpha value is -2.89. The molecule has 3 rings (SSSR count). The van der Waals surface area contributed by atoms with Crippen LogP contribution in [0.1, 0.15) is 75.2 Å². The molecule has 0 aromatic heterocycles. The van der Waals surface area contributed by atoms with E-state index in [2.05, 4.69) is 5.32 Å². The number of anilines is 1.